The molecule has 1 saturated heterocycles. The van der Waals surface area contributed by atoms with Crippen molar-refractivity contribution in [3.63, 3.8) is 0 Å². The van der Waals surface area contributed by atoms with Gasteiger partial charge in [0, 0.05) is 43.9 Å². The number of urea groups is 1. The number of likely N-dealkylation sites (tertiary alicyclic amines) is 1. The normalized spacial score (nSPS) is 23.1. The van der Waals surface area contributed by atoms with Crippen LogP contribution in [0.1, 0.15) is 74.1 Å². The SMILES string of the molecule is CCCNC(=O)N1C[C@@H](c2cccnc2)[C@H](c2nc(C3CCCC3)no2)C1. The maximum atomic E-state index is 12.5. The summed E-state index contributed by atoms with van der Waals surface area (Å²) in [6.07, 6.45) is 9.32. The van der Waals surface area contributed by atoms with E-state index in [9.17, 15) is 4.79 Å². The first kappa shape index (κ1) is 17.9. The Balaban J connectivity index is 1.56. The van der Waals surface area contributed by atoms with Crippen LogP contribution in [0.5, 0.6) is 0 Å². The molecule has 144 valence electrons. The smallest absolute Gasteiger partial charge is 0.317 e. The van der Waals surface area contributed by atoms with Gasteiger partial charge in [0.1, 0.15) is 0 Å². The molecule has 1 aliphatic carbocycles. The van der Waals surface area contributed by atoms with Gasteiger partial charge < -0.3 is 14.7 Å². The zero-order valence-electron chi connectivity index (χ0n) is 15.8. The van der Waals surface area contributed by atoms with Crippen molar-refractivity contribution in [1.29, 1.82) is 0 Å². The van der Waals surface area contributed by atoms with Crippen LogP contribution in [0.15, 0.2) is 29.0 Å². The minimum atomic E-state index is -0.0243. The Bertz CT molecular complexity index is 757. The number of carbonyl (C=O) groups excluding carboxylic acids is 1. The fraction of sp³-hybridized carbons (Fsp3) is 0.600. The highest BCUT2D eigenvalue weighted by Gasteiger charge is 2.40. The van der Waals surface area contributed by atoms with E-state index < -0.39 is 0 Å². The van der Waals surface area contributed by atoms with Crippen LogP contribution in [0.4, 0.5) is 4.79 Å². The number of hydrogen-bond donors (Lipinski definition) is 1. The molecule has 2 atom stereocenters. The van der Waals surface area contributed by atoms with Gasteiger partial charge in [0.05, 0.1) is 5.92 Å². The van der Waals surface area contributed by atoms with E-state index in [0.717, 1.165) is 30.7 Å². The number of aromatic nitrogens is 3. The first-order valence-corrected chi connectivity index (χ1v) is 10.0. The minimum Gasteiger partial charge on any atom is -0.339 e. The summed E-state index contributed by atoms with van der Waals surface area (Å²) in [5.41, 5.74) is 1.11. The molecule has 2 fully saturated rings. The highest BCUT2D eigenvalue weighted by molar-refractivity contribution is 5.74. The summed E-state index contributed by atoms with van der Waals surface area (Å²) in [5.74, 6) is 2.02. The van der Waals surface area contributed by atoms with E-state index in [1.807, 2.05) is 17.2 Å². The second-order valence-electron chi connectivity index (χ2n) is 7.61. The van der Waals surface area contributed by atoms with Gasteiger partial charge in [-0.3, -0.25) is 4.98 Å². The van der Waals surface area contributed by atoms with Crippen LogP contribution in [0, 0.1) is 0 Å². The third-order valence-corrected chi connectivity index (χ3v) is 5.74. The van der Waals surface area contributed by atoms with E-state index in [4.69, 9.17) is 9.51 Å². The van der Waals surface area contributed by atoms with E-state index >= 15 is 0 Å². The number of amides is 2. The van der Waals surface area contributed by atoms with Crippen molar-refractivity contribution >= 4 is 6.03 Å². The third kappa shape index (κ3) is 3.82. The molecular weight excluding hydrogens is 342 g/mol. The number of carbonyl (C=O) groups is 1. The maximum absolute atomic E-state index is 12.5. The maximum Gasteiger partial charge on any atom is 0.317 e. The quantitative estimate of drug-likeness (QED) is 0.873. The lowest BCUT2D eigenvalue weighted by atomic mass is 9.90. The summed E-state index contributed by atoms with van der Waals surface area (Å²) in [4.78, 5) is 23.4. The van der Waals surface area contributed by atoms with Crippen LogP contribution in [-0.2, 0) is 0 Å². The summed E-state index contributed by atoms with van der Waals surface area (Å²) in [5, 5.41) is 7.24. The van der Waals surface area contributed by atoms with Crippen molar-refractivity contribution in [3.8, 4) is 0 Å². The molecular formula is C20H27N5O2. The van der Waals surface area contributed by atoms with Crippen molar-refractivity contribution in [2.75, 3.05) is 19.6 Å². The van der Waals surface area contributed by atoms with Crippen molar-refractivity contribution in [2.45, 2.75) is 56.8 Å². The van der Waals surface area contributed by atoms with E-state index in [1.54, 1.807) is 6.20 Å². The summed E-state index contributed by atoms with van der Waals surface area (Å²) >= 11 is 0. The molecule has 1 N–H and O–H groups in total. The van der Waals surface area contributed by atoms with Crippen molar-refractivity contribution in [1.82, 2.24) is 25.3 Å². The third-order valence-electron chi connectivity index (χ3n) is 5.74. The molecule has 2 amide bonds. The van der Waals surface area contributed by atoms with Crippen molar-refractivity contribution in [3.05, 3.63) is 41.8 Å². The number of nitrogens with zero attached hydrogens (tertiary/aromatic N) is 4. The van der Waals surface area contributed by atoms with Gasteiger partial charge in [-0.25, -0.2) is 4.79 Å². The molecule has 3 heterocycles. The Morgan fingerprint density at radius 1 is 1.30 bits per heavy atom. The molecule has 2 aromatic heterocycles. The Kier molecular flexibility index (Phi) is 5.36. The molecule has 0 unspecified atom stereocenters. The Labute approximate surface area is 159 Å². The van der Waals surface area contributed by atoms with Crippen LogP contribution in [0.25, 0.3) is 0 Å². The molecule has 0 radical (unpaired) electrons. The molecule has 1 aliphatic heterocycles. The molecule has 27 heavy (non-hydrogen) atoms. The second-order valence-corrected chi connectivity index (χ2v) is 7.61. The van der Waals surface area contributed by atoms with Gasteiger partial charge >= 0.3 is 6.03 Å². The predicted molar refractivity (Wildman–Crippen MR) is 100 cm³/mol. The van der Waals surface area contributed by atoms with Crippen LogP contribution in [0.2, 0.25) is 0 Å². The Morgan fingerprint density at radius 3 is 2.85 bits per heavy atom. The zero-order chi connectivity index (χ0) is 18.6. The zero-order valence-corrected chi connectivity index (χ0v) is 15.8. The molecule has 4 rings (SSSR count). The number of hydrogen-bond acceptors (Lipinski definition) is 5. The van der Waals surface area contributed by atoms with Gasteiger partial charge in [0.25, 0.3) is 0 Å². The topological polar surface area (TPSA) is 84.2 Å². The largest absolute Gasteiger partial charge is 0.339 e. The lowest BCUT2D eigenvalue weighted by Gasteiger charge is -2.16. The molecule has 2 aromatic rings. The molecule has 2 aliphatic rings. The highest BCUT2D eigenvalue weighted by Crippen LogP contribution is 2.40. The van der Waals surface area contributed by atoms with E-state index in [1.165, 1.54) is 12.8 Å². The minimum absolute atomic E-state index is 0.00392. The van der Waals surface area contributed by atoms with Gasteiger partial charge in [-0.2, -0.15) is 4.98 Å². The average Bonchev–Trinajstić information content (AvgIpc) is 3.46. The summed E-state index contributed by atoms with van der Waals surface area (Å²) in [7, 11) is 0. The molecule has 7 nitrogen and oxygen atoms in total. The standard InChI is InChI=1S/C20H27N5O2/c1-2-9-22-20(26)25-12-16(15-8-5-10-21-11-15)17(13-25)19-23-18(24-27-19)14-6-3-4-7-14/h5,8,10-11,14,16-17H,2-4,6-7,9,12-13H2,1H3,(H,22,26)/t16-,17+/m0/s1. The fourth-order valence-electron chi connectivity index (χ4n) is 4.24. The molecule has 0 aromatic carbocycles. The van der Waals surface area contributed by atoms with E-state index in [-0.39, 0.29) is 17.9 Å². The van der Waals surface area contributed by atoms with E-state index in [2.05, 4.69) is 28.4 Å². The Morgan fingerprint density at radius 2 is 2.11 bits per heavy atom. The van der Waals surface area contributed by atoms with Crippen LogP contribution >= 0.6 is 0 Å². The van der Waals surface area contributed by atoms with Crippen LogP contribution in [-0.4, -0.2) is 45.7 Å². The Hall–Kier alpha value is -2.44. The first-order valence-electron chi connectivity index (χ1n) is 10.0. The van der Waals surface area contributed by atoms with E-state index in [0.29, 0.717) is 31.4 Å². The number of pyridine rings is 1. The van der Waals surface area contributed by atoms with Crippen LogP contribution < -0.4 is 5.32 Å². The van der Waals surface area contributed by atoms with Gasteiger partial charge in [0.15, 0.2) is 5.82 Å². The lowest BCUT2D eigenvalue weighted by molar-refractivity contribution is 0.207. The number of rotatable bonds is 5. The molecule has 7 heteroatoms. The van der Waals surface area contributed by atoms with Gasteiger partial charge in [-0.15, -0.1) is 0 Å². The van der Waals surface area contributed by atoms with Gasteiger partial charge in [-0.05, 0) is 30.9 Å². The van der Waals surface area contributed by atoms with Crippen molar-refractivity contribution in [2.24, 2.45) is 0 Å². The monoisotopic (exact) mass is 369 g/mol. The predicted octanol–water partition coefficient (Wildman–Crippen LogP) is 3.42. The number of nitrogens with one attached hydrogen (secondary N) is 1. The average molecular weight is 369 g/mol. The van der Waals surface area contributed by atoms with Gasteiger partial charge in [-0.1, -0.05) is 31.0 Å². The molecule has 1 saturated carbocycles. The van der Waals surface area contributed by atoms with Crippen LogP contribution in [0.3, 0.4) is 0 Å². The summed E-state index contributed by atoms with van der Waals surface area (Å²) < 4.78 is 5.68. The highest BCUT2D eigenvalue weighted by atomic mass is 16.5. The second kappa shape index (κ2) is 8.06. The lowest BCUT2D eigenvalue weighted by Crippen LogP contribution is -2.38. The first-order chi connectivity index (χ1) is 13.3. The van der Waals surface area contributed by atoms with Gasteiger partial charge in [0.2, 0.25) is 5.89 Å². The fourth-order valence-corrected chi connectivity index (χ4v) is 4.24. The molecule has 0 bridgehead atoms. The van der Waals surface area contributed by atoms with Crippen molar-refractivity contribution < 1.29 is 9.32 Å². The summed E-state index contributed by atoms with van der Waals surface area (Å²) in [6.45, 7) is 3.95. The molecule has 0 spiro atoms. The summed E-state index contributed by atoms with van der Waals surface area (Å²) in [6, 6.07) is 3.97.